The molecule has 48 heavy (non-hydrogen) atoms. The molecule has 0 aliphatic carbocycles. The first-order chi connectivity index (χ1) is 23.5. The summed E-state index contributed by atoms with van der Waals surface area (Å²) in [6.45, 7) is 4.55. The first-order valence-electron chi connectivity index (χ1n) is 16.7. The molecule has 0 N–H and O–H groups in total. The molecule has 6 rings (SSSR count). The molecule has 0 spiro atoms. The predicted molar refractivity (Wildman–Crippen MR) is 198 cm³/mol. The van der Waals surface area contributed by atoms with Crippen LogP contribution in [-0.2, 0) is 10.8 Å². The van der Waals surface area contributed by atoms with Gasteiger partial charge in [0.05, 0.1) is 21.3 Å². The van der Waals surface area contributed by atoms with E-state index in [1.165, 1.54) is 33.4 Å². The molecular formula is C45H44O3. The van der Waals surface area contributed by atoms with Crippen molar-refractivity contribution in [3.05, 3.63) is 185 Å². The second-order valence-corrected chi connectivity index (χ2v) is 12.2. The molecule has 0 unspecified atom stereocenters. The molecule has 0 heterocycles. The molecule has 0 saturated carbocycles. The van der Waals surface area contributed by atoms with Crippen molar-refractivity contribution in [2.45, 2.75) is 37.5 Å². The molecule has 0 amide bonds. The van der Waals surface area contributed by atoms with E-state index in [1.807, 2.05) is 0 Å². The highest BCUT2D eigenvalue weighted by atomic mass is 16.5. The van der Waals surface area contributed by atoms with Crippen LogP contribution in [0.1, 0.15) is 60.1 Å². The fourth-order valence-corrected chi connectivity index (χ4v) is 7.58. The van der Waals surface area contributed by atoms with Gasteiger partial charge in [-0.15, -0.1) is 0 Å². The van der Waals surface area contributed by atoms with Gasteiger partial charge in [-0.1, -0.05) is 129 Å². The Hall–Kier alpha value is -5.28. The van der Waals surface area contributed by atoms with Crippen LogP contribution in [0.2, 0.25) is 0 Å². The lowest BCUT2D eigenvalue weighted by Crippen LogP contribution is -2.29. The van der Waals surface area contributed by atoms with Gasteiger partial charge in [0, 0.05) is 10.8 Å². The van der Waals surface area contributed by atoms with E-state index in [0.29, 0.717) is 0 Å². The van der Waals surface area contributed by atoms with E-state index in [2.05, 4.69) is 166 Å². The molecule has 0 bridgehead atoms. The molecule has 0 saturated heterocycles. The van der Waals surface area contributed by atoms with E-state index in [9.17, 15) is 0 Å². The average Bonchev–Trinajstić information content (AvgIpc) is 3.17. The zero-order valence-corrected chi connectivity index (χ0v) is 28.6. The summed E-state index contributed by atoms with van der Waals surface area (Å²) in [5.41, 5.74) is 9.00. The van der Waals surface area contributed by atoms with Crippen LogP contribution in [0.25, 0.3) is 11.1 Å². The highest BCUT2D eigenvalue weighted by molar-refractivity contribution is 5.74. The van der Waals surface area contributed by atoms with E-state index in [4.69, 9.17) is 14.2 Å². The summed E-state index contributed by atoms with van der Waals surface area (Å²) in [4.78, 5) is 0. The summed E-state index contributed by atoms with van der Waals surface area (Å²) in [5, 5.41) is 0. The van der Waals surface area contributed by atoms with E-state index in [-0.39, 0.29) is 10.8 Å². The Morgan fingerprint density at radius 3 is 1.17 bits per heavy atom. The molecule has 0 radical (unpaired) electrons. The zero-order chi connectivity index (χ0) is 33.6. The summed E-state index contributed by atoms with van der Waals surface area (Å²) >= 11 is 0. The number of benzene rings is 6. The van der Waals surface area contributed by atoms with Gasteiger partial charge in [0.15, 0.2) is 0 Å². The summed E-state index contributed by atoms with van der Waals surface area (Å²) in [5.74, 6) is 2.52. The number of rotatable bonds is 12. The lowest BCUT2D eigenvalue weighted by Gasteiger charge is -2.37. The number of methoxy groups -OCH3 is 3. The van der Waals surface area contributed by atoms with Crippen LogP contribution in [0.3, 0.4) is 0 Å². The quantitative estimate of drug-likeness (QED) is 0.126. The molecule has 0 aliphatic heterocycles. The first kappa shape index (κ1) is 32.7. The summed E-state index contributed by atoms with van der Waals surface area (Å²) < 4.78 is 16.9. The highest BCUT2D eigenvalue weighted by Gasteiger charge is 2.38. The maximum Gasteiger partial charge on any atom is 0.119 e. The van der Waals surface area contributed by atoms with Crippen molar-refractivity contribution in [2.75, 3.05) is 21.3 Å². The molecule has 3 heteroatoms. The molecule has 3 nitrogen and oxygen atoms in total. The minimum Gasteiger partial charge on any atom is -0.497 e. The second-order valence-electron chi connectivity index (χ2n) is 12.2. The largest absolute Gasteiger partial charge is 0.497 e. The Bertz CT molecular complexity index is 1820. The van der Waals surface area contributed by atoms with Gasteiger partial charge in [-0.25, -0.2) is 0 Å². The fraction of sp³-hybridized carbons (Fsp3) is 0.200. The minimum atomic E-state index is -0.379. The molecule has 0 aromatic heterocycles. The van der Waals surface area contributed by atoms with Gasteiger partial charge in [-0.3, -0.25) is 0 Å². The molecule has 0 fully saturated rings. The molecule has 0 aliphatic rings. The van der Waals surface area contributed by atoms with Crippen molar-refractivity contribution >= 4 is 0 Å². The third kappa shape index (κ3) is 5.75. The van der Waals surface area contributed by atoms with Crippen molar-refractivity contribution in [3.63, 3.8) is 0 Å². The third-order valence-corrected chi connectivity index (χ3v) is 10.1. The first-order valence-corrected chi connectivity index (χ1v) is 16.7. The van der Waals surface area contributed by atoms with Crippen molar-refractivity contribution < 1.29 is 14.2 Å². The van der Waals surface area contributed by atoms with Crippen molar-refractivity contribution in [1.29, 1.82) is 0 Å². The monoisotopic (exact) mass is 632 g/mol. The summed E-state index contributed by atoms with van der Waals surface area (Å²) in [6, 6.07) is 54.5. The van der Waals surface area contributed by atoms with Gasteiger partial charge >= 0.3 is 0 Å². The standard InChI is InChI=1S/C45H44O3/c1-6-44(37-22-26-39(46-3)27-23-37,38-24-28-40(47-4)29-25-38)36-20-18-33(19-21-36)42-32-41(48-5)30-31-43(42)45(7-2,34-14-10-8-11-15-34)35-16-12-9-13-17-35/h8-32H,6-7H2,1-5H3. The van der Waals surface area contributed by atoms with Crippen LogP contribution < -0.4 is 14.2 Å². The van der Waals surface area contributed by atoms with Crippen molar-refractivity contribution in [3.8, 4) is 28.4 Å². The van der Waals surface area contributed by atoms with E-state index in [0.717, 1.165) is 41.2 Å². The fourth-order valence-electron chi connectivity index (χ4n) is 7.58. The van der Waals surface area contributed by atoms with Crippen LogP contribution in [0.15, 0.2) is 152 Å². The van der Waals surface area contributed by atoms with Crippen molar-refractivity contribution in [1.82, 2.24) is 0 Å². The molecule has 6 aromatic carbocycles. The van der Waals surface area contributed by atoms with E-state index < -0.39 is 0 Å². The number of ether oxygens (including phenoxy) is 3. The normalized spacial score (nSPS) is 11.6. The zero-order valence-electron chi connectivity index (χ0n) is 28.6. The molecular weight excluding hydrogens is 588 g/mol. The summed E-state index contributed by atoms with van der Waals surface area (Å²) in [7, 11) is 5.16. The molecule has 0 atom stereocenters. The van der Waals surface area contributed by atoms with Gasteiger partial charge in [0.1, 0.15) is 17.2 Å². The van der Waals surface area contributed by atoms with Crippen LogP contribution in [0.5, 0.6) is 17.2 Å². The second kappa shape index (κ2) is 14.2. The third-order valence-electron chi connectivity index (χ3n) is 10.1. The van der Waals surface area contributed by atoms with Crippen LogP contribution >= 0.6 is 0 Å². The van der Waals surface area contributed by atoms with Gasteiger partial charge in [-0.05, 0) is 93.7 Å². The molecule has 6 aromatic rings. The maximum atomic E-state index is 5.82. The Morgan fingerprint density at radius 2 is 0.771 bits per heavy atom. The Morgan fingerprint density at radius 1 is 0.396 bits per heavy atom. The Labute approximate surface area is 285 Å². The van der Waals surface area contributed by atoms with Crippen LogP contribution in [-0.4, -0.2) is 21.3 Å². The maximum absolute atomic E-state index is 5.82. The molecule has 242 valence electrons. The van der Waals surface area contributed by atoms with Crippen LogP contribution in [0.4, 0.5) is 0 Å². The lowest BCUT2D eigenvalue weighted by atomic mass is 9.65. The Kier molecular flexibility index (Phi) is 9.68. The van der Waals surface area contributed by atoms with E-state index in [1.54, 1.807) is 21.3 Å². The predicted octanol–water partition coefficient (Wildman–Crippen LogP) is 10.9. The Balaban J connectivity index is 1.55. The highest BCUT2D eigenvalue weighted by Crippen LogP contribution is 2.48. The van der Waals surface area contributed by atoms with Gasteiger partial charge < -0.3 is 14.2 Å². The summed E-state index contributed by atoms with van der Waals surface area (Å²) in [6.07, 6.45) is 1.77. The lowest BCUT2D eigenvalue weighted by molar-refractivity contribution is 0.413. The number of hydrogen-bond donors (Lipinski definition) is 0. The van der Waals surface area contributed by atoms with Gasteiger partial charge in [0.2, 0.25) is 0 Å². The topological polar surface area (TPSA) is 27.7 Å². The van der Waals surface area contributed by atoms with Gasteiger partial charge in [-0.2, -0.15) is 0 Å². The van der Waals surface area contributed by atoms with Crippen molar-refractivity contribution in [2.24, 2.45) is 0 Å². The van der Waals surface area contributed by atoms with Crippen LogP contribution in [0, 0.1) is 0 Å². The van der Waals surface area contributed by atoms with E-state index >= 15 is 0 Å². The SMILES string of the molecule is CCC(c1ccc(OC)cc1)(c1ccc(OC)cc1)c1ccc(-c2cc(OC)ccc2C(CC)(c2ccccc2)c2ccccc2)cc1. The average molecular weight is 633 g/mol. The minimum absolute atomic E-state index is 0.359. The van der Waals surface area contributed by atoms with Gasteiger partial charge in [0.25, 0.3) is 0 Å². The smallest absolute Gasteiger partial charge is 0.119 e. The number of hydrogen-bond acceptors (Lipinski definition) is 3.